The van der Waals surface area contributed by atoms with Crippen molar-refractivity contribution in [3.63, 3.8) is 0 Å². The third kappa shape index (κ3) is 2.29. The zero-order valence-corrected chi connectivity index (χ0v) is 12.2. The van der Waals surface area contributed by atoms with Crippen molar-refractivity contribution < 1.29 is 4.79 Å². The Labute approximate surface area is 124 Å². The highest BCUT2D eigenvalue weighted by molar-refractivity contribution is 7.99. The number of H-pyrrole nitrogens is 1. The molecule has 0 aliphatic carbocycles. The van der Waals surface area contributed by atoms with Crippen molar-refractivity contribution in [2.45, 2.75) is 18.6 Å². The second-order valence-electron chi connectivity index (χ2n) is 4.59. The first-order chi connectivity index (χ1) is 10.1. The SMILES string of the molecule is CCn1c(SCC(N)=O)nc2c([nH]c3ccccc32)c1=O. The molecular formula is C14H14N4O2S. The number of carbonyl (C=O) groups is 1. The molecule has 0 saturated heterocycles. The minimum atomic E-state index is -0.434. The number of amides is 1. The molecule has 3 rings (SSSR count). The van der Waals surface area contributed by atoms with Gasteiger partial charge in [-0.2, -0.15) is 0 Å². The van der Waals surface area contributed by atoms with Crippen LogP contribution in [0.1, 0.15) is 6.92 Å². The predicted octanol–water partition coefficient (Wildman–Crippen LogP) is 1.48. The molecule has 2 aromatic heterocycles. The Balaban J connectivity index is 2.29. The first-order valence-electron chi connectivity index (χ1n) is 6.54. The van der Waals surface area contributed by atoms with Gasteiger partial charge in [0.05, 0.1) is 5.75 Å². The van der Waals surface area contributed by atoms with Gasteiger partial charge in [-0.05, 0) is 13.0 Å². The maximum absolute atomic E-state index is 12.6. The predicted molar refractivity (Wildman–Crippen MR) is 83.5 cm³/mol. The van der Waals surface area contributed by atoms with Crippen LogP contribution in [0.5, 0.6) is 0 Å². The minimum absolute atomic E-state index is 0.0975. The lowest BCUT2D eigenvalue weighted by Crippen LogP contribution is -2.23. The fourth-order valence-corrected chi connectivity index (χ4v) is 3.10. The van der Waals surface area contributed by atoms with Crippen LogP contribution in [0.3, 0.4) is 0 Å². The van der Waals surface area contributed by atoms with Crippen molar-refractivity contribution in [1.82, 2.24) is 14.5 Å². The number of aromatic amines is 1. The quantitative estimate of drug-likeness (QED) is 0.564. The third-order valence-corrected chi connectivity index (χ3v) is 4.23. The Morgan fingerprint density at radius 1 is 1.43 bits per heavy atom. The number of nitrogens with two attached hydrogens (primary N) is 1. The number of nitrogens with zero attached hydrogens (tertiary/aromatic N) is 2. The number of carbonyl (C=O) groups excluding carboxylic acids is 1. The van der Waals surface area contributed by atoms with E-state index in [0.717, 1.165) is 10.9 Å². The van der Waals surface area contributed by atoms with Crippen LogP contribution in [0, 0.1) is 0 Å². The maximum atomic E-state index is 12.6. The van der Waals surface area contributed by atoms with E-state index in [1.807, 2.05) is 31.2 Å². The fourth-order valence-electron chi connectivity index (χ4n) is 2.30. The van der Waals surface area contributed by atoms with Crippen LogP contribution in [0.15, 0.2) is 34.2 Å². The van der Waals surface area contributed by atoms with Gasteiger partial charge in [0.1, 0.15) is 11.0 Å². The monoisotopic (exact) mass is 302 g/mol. The van der Waals surface area contributed by atoms with Gasteiger partial charge in [0, 0.05) is 17.4 Å². The highest BCUT2D eigenvalue weighted by atomic mass is 32.2. The van der Waals surface area contributed by atoms with Crippen molar-refractivity contribution in [3.05, 3.63) is 34.6 Å². The molecule has 0 bridgehead atoms. The maximum Gasteiger partial charge on any atom is 0.278 e. The first-order valence-corrected chi connectivity index (χ1v) is 7.52. The largest absolute Gasteiger partial charge is 0.369 e. The van der Waals surface area contributed by atoms with Crippen LogP contribution in [0.25, 0.3) is 21.9 Å². The molecule has 0 spiro atoms. The van der Waals surface area contributed by atoms with E-state index in [0.29, 0.717) is 22.7 Å². The average molecular weight is 302 g/mol. The highest BCUT2D eigenvalue weighted by Gasteiger charge is 2.15. The van der Waals surface area contributed by atoms with Gasteiger partial charge in [-0.3, -0.25) is 14.2 Å². The summed E-state index contributed by atoms with van der Waals surface area (Å²) in [7, 11) is 0. The summed E-state index contributed by atoms with van der Waals surface area (Å²) in [6.07, 6.45) is 0. The van der Waals surface area contributed by atoms with Gasteiger partial charge in [-0.25, -0.2) is 4.98 Å². The Morgan fingerprint density at radius 2 is 2.19 bits per heavy atom. The fraction of sp³-hybridized carbons (Fsp3) is 0.214. The summed E-state index contributed by atoms with van der Waals surface area (Å²) in [5.74, 6) is -0.337. The molecule has 108 valence electrons. The normalized spacial score (nSPS) is 11.3. The van der Waals surface area contributed by atoms with E-state index < -0.39 is 5.91 Å². The van der Waals surface area contributed by atoms with Gasteiger partial charge >= 0.3 is 0 Å². The highest BCUT2D eigenvalue weighted by Crippen LogP contribution is 2.24. The molecule has 2 heterocycles. The Morgan fingerprint density at radius 3 is 2.90 bits per heavy atom. The first kappa shape index (κ1) is 13.7. The van der Waals surface area contributed by atoms with E-state index >= 15 is 0 Å². The number of thioether (sulfide) groups is 1. The molecule has 1 amide bonds. The summed E-state index contributed by atoms with van der Waals surface area (Å²) in [5.41, 5.74) is 7.03. The molecular weight excluding hydrogens is 288 g/mol. The second-order valence-corrected chi connectivity index (χ2v) is 5.54. The molecule has 0 radical (unpaired) electrons. The van der Waals surface area contributed by atoms with Crippen LogP contribution < -0.4 is 11.3 Å². The van der Waals surface area contributed by atoms with Gasteiger partial charge in [0.2, 0.25) is 5.91 Å². The van der Waals surface area contributed by atoms with Crippen molar-refractivity contribution >= 4 is 39.6 Å². The summed E-state index contributed by atoms with van der Waals surface area (Å²) in [6.45, 7) is 2.35. The number of para-hydroxylation sites is 1. The average Bonchev–Trinajstić information content (AvgIpc) is 2.84. The Hall–Kier alpha value is -2.28. The van der Waals surface area contributed by atoms with Crippen LogP contribution in [0.4, 0.5) is 0 Å². The van der Waals surface area contributed by atoms with E-state index in [4.69, 9.17) is 5.73 Å². The van der Waals surface area contributed by atoms with Crippen LogP contribution >= 0.6 is 11.8 Å². The molecule has 6 nitrogen and oxygen atoms in total. The number of aromatic nitrogens is 3. The lowest BCUT2D eigenvalue weighted by atomic mass is 10.2. The molecule has 0 unspecified atom stereocenters. The lowest BCUT2D eigenvalue weighted by Gasteiger charge is -2.08. The van der Waals surface area contributed by atoms with Crippen molar-refractivity contribution in [3.8, 4) is 0 Å². The second kappa shape index (κ2) is 5.25. The van der Waals surface area contributed by atoms with Gasteiger partial charge in [-0.15, -0.1) is 0 Å². The van der Waals surface area contributed by atoms with Crippen LogP contribution in [0.2, 0.25) is 0 Å². The van der Waals surface area contributed by atoms with E-state index in [9.17, 15) is 9.59 Å². The Kier molecular flexibility index (Phi) is 3.42. The van der Waals surface area contributed by atoms with Crippen molar-refractivity contribution in [1.29, 1.82) is 0 Å². The van der Waals surface area contributed by atoms with Gasteiger partial charge in [0.15, 0.2) is 5.16 Å². The summed E-state index contributed by atoms with van der Waals surface area (Å²) in [6, 6.07) is 7.63. The molecule has 3 aromatic rings. The lowest BCUT2D eigenvalue weighted by molar-refractivity contribution is -0.115. The zero-order valence-electron chi connectivity index (χ0n) is 11.4. The third-order valence-electron chi connectivity index (χ3n) is 3.24. The van der Waals surface area contributed by atoms with E-state index in [1.54, 1.807) is 4.57 Å². The smallest absolute Gasteiger partial charge is 0.278 e. The molecule has 1 aromatic carbocycles. The number of nitrogens with one attached hydrogen (secondary N) is 1. The summed E-state index contributed by atoms with van der Waals surface area (Å²) < 4.78 is 1.55. The van der Waals surface area contributed by atoms with Crippen molar-refractivity contribution in [2.75, 3.05) is 5.75 Å². The topological polar surface area (TPSA) is 93.8 Å². The van der Waals surface area contributed by atoms with E-state index in [1.165, 1.54) is 11.8 Å². The van der Waals surface area contributed by atoms with E-state index in [-0.39, 0.29) is 11.3 Å². The van der Waals surface area contributed by atoms with Crippen molar-refractivity contribution in [2.24, 2.45) is 5.73 Å². The van der Waals surface area contributed by atoms with Crippen LogP contribution in [-0.4, -0.2) is 26.2 Å². The molecule has 7 heteroatoms. The Bertz CT molecular complexity index is 897. The number of rotatable bonds is 4. The zero-order chi connectivity index (χ0) is 15.0. The van der Waals surface area contributed by atoms with Gasteiger partial charge in [-0.1, -0.05) is 30.0 Å². The number of fused-ring (bicyclic) bond motifs is 3. The van der Waals surface area contributed by atoms with Gasteiger partial charge < -0.3 is 10.7 Å². The van der Waals surface area contributed by atoms with E-state index in [2.05, 4.69) is 9.97 Å². The number of primary amides is 1. The van der Waals surface area contributed by atoms with Crippen LogP contribution in [-0.2, 0) is 11.3 Å². The molecule has 21 heavy (non-hydrogen) atoms. The number of hydrogen-bond acceptors (Lipinski definition) is 4. The molecule has 0 aliphatic rings. The standard InChI is InChI=1S/C14H14N4O2S/c1-2-18-13(20)12-11(17-14(18)21-7-10(15)19)8-5-3-4-6-9(8)16-12/h3-6,16H,2,7H2,1H3,(H2,15,19). The number of hydrogen-bond donors (Lipinski definition) is 2. The van der Waals surface area contributed by atoms with Gasteiger partial charge in [0.25, 0.3) is 5.56 Å². The molecule has 0 saturated carbocycles. The molecule has 0 atom stereocenters. The summed E-state index contributed by atoms with van der Waals surface area (Å²) in [5, 5.41) is 1.41. The minimum Gasteiger partial charge on any atom is -0.369 e. The molecule has 0 aliphatic heterocycles. The molecule has 0 fully saturated rings. The molecule has 3 N–H and O–H groups in total. The number of benzene rings is 1. The summed E-state index contributed by atoms with van der Waals surface area (Å²) in [4.78, 5) is 31.2. The summed E-state index contributed by atoms with van der Waals surface area (Å²) >= 11 is 1.18.